The highest BCUT2D eigenvalue weighted by Gasteiger charge is 2.27. The molecule has 2 aromatic rings. The second-order valence-corrected chi connectivity index (χ2v) is 10.1. The summed E-state index contributed by atoms with van der Waals surface area (Å²) in [5.74, 6) is -0.431. The van der Waals surface area contributed by atoms with Gasteiger partial charge in [-0.3, -0.25) is 4.79 Å². The van der Waals surface area contributed by atoms with Crippen LogP contribution >= 0.6 is 11.6 Å². The van der Waals surface area contributed by atoms with Crippen LogP contribution < -0.4 is 10.2 Å². The highest BCUT2D eigenvalue weighted by molar-refractivity contribution is 7.89. The van der Waals surface area contributed by atoms with E-state index in [1.807, 2.05) is 25.1 Å². The summed E-state index contributed by atoms with van der Waals surface area (Å²) >= 11 is 6.26. The van der Waals surface area contributed by atoms with Crippen molar-refractivity contribution >= 4 is 38.9 Å². The highest BCUT2D eigenvalue weighted by atomic mass is 35.5. The first-order valence-electron chi connectivity index (χ1n) is 10.7. The zero-order valence-electron chi connectivity index (χ0n) is 18.3. The lowest BCUT2D eigenvalue weighted by Gasteiger charge is -2.26. The summed E-state index contributed by atoms with van der Waals surface area (Å²) in [5.41, 5.74) is 2.83. The number of hydrogen-bond acceptors (Lipinski definition) is 4. The van der Waals surface area contributed by atoms with Crippen molar-refractivity contribution in [1.29, 1.82) is 0 Å². The Kier molecular flexibility index (Phi) is 7.62. The summed E-state index contributed by atoms with van der Waals surface area (Å²) < 4.78 is 27.5. The van der Waals surface area contributed by atoms with Crippen molar-refractivity contribution in [3.05, 3.63) is 52.5 Å². The van der Waals surface area contributed by atoms with E-state index in [1.165, 1.54) is 22.5 Å². The van der Waals surface area contributed by atoms with E-state index >= 15 is 0 Å². The van der Waals surface area contributed by atoms with Crippen LogP contribution in [-0.4, -0.2) is 44.8 Å². The molecule has 31 heavy (non-hydrogen) atoms. The Bertz CT molecular complexity index is 1050. The Morgan fingerprint density at radius 1 is 1.06 bits per heavy atom. The van der Waals surface area contributed by atoms with Gasteiger partial charge in [-0.1, -0.05) is 18.0 Å². The Morgan fingerprint density at radius 3 is 2.35 bits per heavy atom. The van der Waals surface area contributed by atoms with Crippen molar-refractivity contribution in [2.75, 3.05) is 36.4 Å². The van der Waals surface area contributed by atoms with E-state index in [-0.39, 0.29) is 15.5 Å². The molecule has 0 unspecified atom stereocenters. The molecule has 1 saturated heterocycles. The highest BCUT2D eigenvalue weighted by Crippen LogP contribution is 2.27. The van der Waals surface area contributed by atoms with E-state index in [9.17, 15) is 13.2 Å². The molecular formula is C23H30ClN3O3S. The number of nitrogens with zero attached hydrogens (tertiary/aromatic N) is 2. The molecule has 1 N–H and O–H groups in total. The van der Waals surface area contributed by atoms with Gasteiger partial charge in [0.05, 0.1) is 15.5 Å². The SMILES string of the molecule is CCN(CC)c1ccc(NC(=O)c2cc(S(=O)(=O)N3CCCCC3)ccc2Cl)c(C)c1. The topological polar surface area (TPSA) is 69.7 Å². The summed E-state index contributed by atoms with van der Waals surface area (Å²) in [5, 5.41) is 3.09. The predicted molar refractivity (Wildman–Crippen MR) is 127 cm³/mol. The molecular weight excluding hydrogens is 434 g/mol. The fourth-order valence-electron chi connectivity index (χ4n) is 3.86. The van der Waals surface area contributed by atoms with Gasteiger partial charge in [0.25, 0.3) is 5.91 Å². The molecule has 0 saturated carbocycles. The number of amides is 1. The monoisotopic (exact) mass is 463 g/mol. The van der Waals surface area contributed by atoms with Crippen LogP contribution in [0.3, 0.4) is 0 Å². The number of halogens is 1. The molecule has 0 spiro atoms. The summed E-state index contributed by atoms with van der Waals surface area (Å²) in [7, 11) is -3.65. The molecule has 6 nitrogen and oxygen atoms in total. The lowest BCUT2D eigenvalue weighted by molar-refractivity contribution is 0.102. The maximum absolute atomic E-state index is 13.0. The second kappa shape index (κ2) is 10.0. The summed E-state index contributed by atoms with van der Waals surface area (Å²) in [6.45, 7) is 8.94. The Labute approximate surface area is 190 Å². The molecule has 1 aliphatic heterocycles. The molecule has 168 valence electrons. The number of anilines is 2. The Morgan fingerprint density at radius 2 is 1.74 bits per heavy atom. The minimum absolute atomic E-state index is 0.0950. The third-order valence-electron chi connectivity index (χ3n) is 5.72. The Balaban J connectivity index is 1.84. The number of carbonyl (C=O) groups is 1. The minimum Gasteiger partial charge on any atom is -0.372 e. The fraction of sp³-hybridized carbons (Fsp3) is 0.435. The molecule has 0 atom stereocenters. The third kappa shape index (κ3) is 5.22. The predicted octanol–water partition coefficient (Wildman–Crippen LogP) is 4.92. The lowest BCUT2D eigenvalue weighted by atomic mass is 10.1. The van der Waals surface area contributed by atoms with Gasteiger partial charge in [0, 0.05) is 37.6 Å². The van der Waals surface area contributed by atoms with Crippen molar-refractivity contribution in [3.8, 4) is 0 Å². The fourth-order valence-corrected chi connectivity index (χ4v) is 5.60. The molecule has 1 amide bonds. The molecule has 3 rings (SSSR count). The van der Waals surface area contributed by atoms with Crippen molar-refractivity contribution in [2.45, 2.75) is 44.9 Å². The summed E-state index contributed by atoms with van der Waals surface area (Å²) in [6, 6.07) is 10.2. The van der Waals surface area contributed by atoms with Crippen LogP contribution in [0.1, 0.15) is 49.0 Å². The third-order valence-corrected chi connectivity index (χ3v) is 7.95. The molecule has 1 fully saturated rings. The molecule has 0 aromatic heterocycles. The maximum atomic E-state index is 13.0. The normalized spacial score (nSPS) is 15.0. The number of hydrogen-bond donors (Lipinski definition) is 1. The van der Waals surface area contributed by atoms with E-state index < -0.39 is 15.9 Å². The average molecular weight is 464 g/mol. The van der Waals surface area contributed by atoms with Gasteiger partial charge in [-0.25, -0.2) is 8.42 Å². The van der Waals surface area contributed by atoms with Gasteiger partial charge in [-0.15, -0.1) is 0 Å². The van der Waals surface area contributed by atoms with Crippen molar-refractivity contribution < 1.29 is 13.2 Å². The van der Waals surface area contributed by atoms with Crippen LogP contribution in [0.15, 0.2) is 41.3 Å². The lowest BCUT2D eigenvalue weighted by Crippen LogP contribution is -2.35. The van der Waals surface area contributed by atoms with E-state index in [0.29, 0.717) is 18.8 Å². The van der Waals surface area contributed by atoms with E-state index in [1.54, 1.807) is 0 Å². The largest absolute Gasteiger partial charge is 0.372 e. The van der Waals surface area contributed by atoms with Gasteiger partial charge in [0.1, 0.15) is 0 Å². The number of rotatable bonds is 7. The number of nitrogens with one attached hydrogen (secondary N) is 1. The van der Waals surface area contributed by atoms with Crippen LogP contribution in [0.4, 0.5) is 11.4 Å². The zero-order valence-corrected chi connectivity index (χ0v) is 19.9. The second-order valence-electron chi connectivity index (χ2n) is 7.73. The average Bonchev–Trinajstić information content (AvgIpc) is 2.77. The molecule has 0 aliphatic carbocycles. The van der Waals surface area contributed by atoms with Gasteiger partial charge in [0.15, 0.2) is 0 Å². The van der Waals surface area contributed by atoms with Gasteiger partial charge >= 0.3 is 0 Å². The number of aryl methyl sites for hydroxylation is 1. The molecule has 2 aromatic carbocycles. The summed E-state index contributed by atoms with van der Waals surface area (Å²) in [6.07, 6.45) is 2.73. The molecule has 0 bridgehead atoms. The summed E-state index contributed by atoms with van der Waals surface area (Å²) in [4.78, 5) is 15.3. The minimum atomic E-state index is -3.65. The Hall–Kier alpha value is -2.09. The van der Waals surface area contributed by atoms with Gasteiger partial charge in [-0.2, -0.15) is 4.31 Å². The van der Waals surface area contributed by atoms with Gasteiger partial charge in [-0.05, 0) is 75.6 Å². The smallest absolute Gasteiger partial charge is 0.257 e. The van der Waals surface area contributed by atoms with Crippen LogP contribution in [0.25, 0.3) is 0 Å². The molecule has 8 heteroatoms. The number of carbonyl (C=O) groups excluding carboxylic acids is 1. The van der Waals surface area contributed by atoms with Crippen molar-refractivity contribution in [3.63, 3.8) is 0 Å². The first kappa shape index (κ1) is 23.6. The number of sulfonamides is 1. The van der Waals surface area contributed by atoms with E-state index in [2.05, 4.69) is 24.1 Å². The molecule has 1 heterocycles. The quantitative estimate of drug-likeness (QED) is 0.632. The first-order valence-corrected chi connectivity index (χ1v) is 12.6. The van der Waals surface area contributed by atoms with E-state index in [4.69, 9.17) is 11.6 Å². The van der Waals surface area contributed by atoms with Gasteiger partial charge < -0.3 is 10.2 Å². The zero-order chi connectivity index (χ0) is 22.6. The first-order chi connectivity index (χ1) is 14.8. The maximum Gasteiger partial charge on any atom is 0.257 e. The van der Waals surface area contributed by atoms with Crippen LogP contribution in [-0.2, 0) is 10.0 Å². The van der Waals surface area contributed by atoms with Crippen LogP contribution in [0.5, 0.6) is 0 Å². The van der Waals surface area contributed by atoms with Crippen LogP contribution in [0.2, 0.25) is 5.02 Å². The number of piperidine rings is 1. The molecule has 1 aliphatic rings. The van der Waals surface area contributed by atoms with Crippen LogP contribution in [0, 0.1) is 6.92 Å². The van der Waals surface area contributed by atoms with Gasteiger partial charge in [0.2, 0.25) is 10.0 Å². The number of benzene rings is 2. The standard InChI is InChI=1S/C23H30ClN3O3S/c1-4-26(5-2)18-9-12-22(17(3)15-18)25-23(28)20-16-19(10-11-21(20)24)31(29,30)27-13-7-6-8-14-27/h9-12,15-16H,4-8,13-14H2,1-3H3,(H,25,28). The van der Waals surface area contributed by atoms with Crippen molar-refractivity contribution in [2.24, 2.45) is 0 Å². The molecule has 0 radical (unpaired) electrons. The van der Waals surface area contributed by atoms with Crippen molar-refractivity contribution in [1.82, 2.24) is 4.31 Å². The van der Waals surface area contributed by atoms with E-state index in [0.717, 1.165) is 43.6 Å².